The van der Waals surface area contributed by atoms with Gasteiger partial charge in [0.25, 0.3) is 17.2 Å². The summed E-state index contributed by atoms with van der Waals surface area (Å²) in [7, 11) is 0. The van der Waals surface area contributed by atoms with Gasteiger partial charge in [-0.1, -0.05) is 24.3 Å². The number of carbonyl (C=O) groups is 1. The Labute approximate surface area is 137 Å². The number of nitrogens with one attached hydrogen (secondary N) is 2. The molecule has 3 aromatic rings. The summed E-state index contributed by atoms with van der Waals surface area (Å²) in [6.07, 6.45) is 5.25. The summed E-state index contributed by atoms with van der Waals surface area (Å²) in [5, 5.41) is 5.69. The van der Waals surface area contributed by atoms with E-state index in [1.807, 2.05) is 12.1 Å². The molecule has 24 heavy (non-hydrogen) atoms. The van der Waals surface area contributed by atoms with Crippen molar-refractivity contribution in [1.82, 2.24) is 24.9 Å². The van der Waals surface area contributed by atoms with E-state index in [4.69, 9.17) is 0 Å². The molecule has 4 rings (SSSR count). The van der Waals surface area contributed by atoms with Gasteiger partial charge in [-0.3, -0.25) is 14.7 Å². The van der Waals surface area contributed by atoms with Crippen LogP contribution in [0.3, 0.4) is 0 Å². The zero-order valence-corrected chi connectivity index (χ0v) is 13.2. The van der Waals surface area contributed by atoms with Gasteiger partial charge in [-0.25, -0.2) is 9.97 Å². The van der Waals surface area contributed by atoms with Crippen LogP contribution in [-0.2, 0) is 6.42 Å². The van der Waals surface area contributed by atoms with Crippen molar-refractivity contribution in [2.45, 2.75) is 31.7 Å². The number of aromatic amines is 1. The predicted octanol–water partition coefficient (Wildman–Crippen LogP) is 1.23. The maximum Gasteiger partial charge on any atom is 0.286 e. The van der Waals surface area contributed by atoms with Gasteiger partial charge < -0.3 is 5.32 Å². The first-order chi connectivity index (χ1) is 11.6. The number of aryl methyl sites for hydroxylation is 1. The normalized spacial score (nSPS) is 15.4. The summed E-state index contributed by atoms with van der Waals surface area (Å²) < 4.78 is 1.16. The van der Waals surface area contributed by atoms with Crippen LogP contribution in [0.2, 0.25) is 0 Å². The number of nitrogens with zero attached hydrogens (tertiary/aromatic N) is 3. The van der Waals surface area contributed by atoms with Crippen LogP contribution in [-0.4, -0.2) is 31.0 Å². The predicted molar refractivity (Wildman–Crippen MR) is 87.9 cm³/mol. The molecule has 1 aliphatic carbocycles. The van der Waals surface area contributed by atoms with E-state index in [9.17, 15) is 9.59 Å². The van der Waals surface area contributed by atoms with Gasteiger partial charge in [0.2, 0.25) is 0 Å². The highest BCUT2D eigenvalue weighted by Crippen LogP contribution is 2.39. The summed E-state index contributed by atoms with van der Waals surface area (Å²) >= 11 is 0. The number of hydrogen-bond acceptors (Lipinski definition) is 4. The third kappa shape index (κ3) is 2.47. The molecular formula is C17H17N5O2. The van der Waals surface area contributed by atoms with Crippen LogP contribution in [0.1, 0.15) is 34.3 Å². The molecule has 1 aromatic carbocycles. The van der Waals surface area contributed by atoms with Crippen molar-refractivity contribution in [2.24, 2.45) is 0 Å². The Kier molecular flexibility index (Phi) is 3.23. The van der Waals surface area contributed by atoms with Gasteiger partial charge in [0.05, 0.1) is 0 Å². The summed E-state index contributed by atoms with van der Waals surface area (Å²) in [6.45, 7) is 2.07. The molecule has 2 heterocycles. The number of H-pyrrole nitrogens is 1. The lowest BCUT2D eigenvalue weighted by Gasteiger charge is -2.18. The number of benzene rings is 1. The quantitative estimate of drug-likeness (QED) is 0.755. The Balaban J connectivity index is 1.58. The van der Waals surface area contributed by atoms with Crippen molar-refractivity contribution in [1.29, 1.82) is 0 Å². The fourth-order valence-corrected chi connectivity index (χ4v) is 2.93. The van der Waals surface area contributed by atoms with Crippen LogP contribution in [0.4, 0.5) is 0 Å². The van der Waals surface area contributed by atoms with Gasteiger partial charge >= 0.3 is 0 Å². The van der Waals surface area contributed by atoms with Crippen molar-refractivity contribution < 1.29 is 4.79 Å². The summed E-state index contributed by atoms with van der Waals surface area (Å²) in [5.41, 5.74) is 1.74. The highest BCUT2D eigenvalue weighted by atomic mass is 16.2. The molecule has 2 N–H and O–H groups in total. The van der Waals surface area contributed by atoms with Crippen LogP contribution >= 0.6 is 0 Å². The molecule has 1 amide bonds. The topological polar surface area (TPSA) is 92.2 Å². The first-order valence-corrected chi connectivity index (χ1v) is 7.86. The molecule has 0 unspecified atom stereocenters. The van der Waals surface area contributed by atoms with Gasteiger partial charge in [0.1, 0.15) is 11.9 Å². The second-order valence-corrected chi connectivity index (χ2v) is 6.34. The molecule has 122 valence electrons. The van der Waals surface area contributed by atoms with Gasteiger partial charge in [-0.2, -0.15) is 4.52 Å². The van der Waals surface area contributed by atoms with E-state index in [2.05, 4.69) is 39.4 Å². The number of carbonyl (C=O) groups excluding carboxylic acids is 1. The number of hydrogen-bond donors (Lipinski definition) is 2. The first kappa shape index (κ1) is 14.6. The van der Waals surface area contributed by atoms with Gasteiger partial charge in [-0.05, 0) is 37.3 Å². The molecule has 0 bridgehead atoms. The maximum absolute atomic E-state index is 12.6. The van der Waals surface area contributed by atoms with Crippen LogP contribution in [0.25, 0.3) is 5.78 Å². The Morgan fingerprint density at radius 2 is 2.12 bits per heavy atom. The van der Waals surface area contributed by atoms with E-state index >= 15 is 0 Å². The lowest BCUT2D eigenvalue weighted by Crippen LogP contribution is -2.41. The van der Waals surface area contributed by atoms with Crippen LogP contribution < -0.4 is 10.9 Å². The number of fused-ring (bicyclic) bond motifs is 1. The Morgan fingerprint density at radius 3 is 2.88 bits per heavy atom. The van der Waals surface area contributed by atoms with Gasteiger partial charge in [-0.15, -0.1) is 0 Å². The molecule has 7 heteroatoms. The van der Waals surface area contributed by atoms with Crippen molar-refractivity contribution in [2.75, 3.05) is 0 Å². The Morgan fingerprint density at radius 1 is 1.33 bits per heavy atom. The molecule has 0 aliphatic heterocycles. The molecule has 0 spiro atoms. The van der Waals surface area contributed by atoms with E-state index in [1.54, 1.807) is 0 Å². The van der Waals surface area contributed by atoms with E-state index in [1.165, 1.54) is 23.7 Å². The largest absolute Gasteiger partial charge is 0.346 e. The summed E-state index contributed by atoms with van der Waals surface area (Å²) in [6, 6.07) is 8.15. The Bertz CT molecular complexity index is 984. The van der Waals surface area contributed by atoms with Crippen LogP contribution in [0.5, 0.6) is 0 Å². The van der Waals surface area contributed by atoms with Crippen LogP contribution in [0, 0.1) is 6.92 Å². The monoisotopic (exact) mass is 323 g/mol. The van der Waals surface area contributed by atoms with Crippen molar-refractivity contribution >= 4 is 11.7 Å². The van der Waals surface area contributed by atoms with E-state index in [-0.39, 0.29) is 22.8 Å². The minimum absolute atomic E-state index is 0.0211. The zero-order valence-electron chi connectivity index (χ0n) is 13.2. The number of rotatable bonds is 4. The third-order valence-electron chi connectivity index (χ3n) is 4.58. The highest BCUT2D eigenvalue weighted by molar-refractivity contribution is 5.94. The lowest BCUT2D eigenvalue weighted by atomic mass is 9.99. The van der Waals surface area contributed by atoms with Crippen LogP contribution in [0.15, 0.2) is 41.6 Å². The minimum Gasteiger partial charge on any atom is -0.346 e. The fourth-order valence-electron chi connectivity index (χ4n) is 2.93. The van der Waals surface area contributed by atoms with Crippen molar-refractivity contribution in [3.05, 3.63) is 63.8 Å². The van der Waals surface area contributed by atoms with Crippen molar-refractivity contribution in [3.63, 3.8) is 0 Å². The van der Waals surface area contributed by atoms with Crippen molar-refractivity contribution in [3.8, 4) is 0 Å². The standard InChI is InChI=1S/C17H17N5O2/c1-11-4-2-3-5-12(11)8-17(6-7-17)21-14(23)13-9-18-16-19-10-20-22(16)15(13)24/h2-5,9-10H,6-8H2,1H3,(H,21,23)(H,18,19,20). The molecule has 1 aliphatic rings. The smallest absolute Gasteiger partial charge is 0.286 e. The number of aromatic nitrogens is 4. The van der Waals surface area contributed by atoms with Gasteiger partial charge in [0, 0.05) is 11.7 Å². The highest BCUT2D eigenvalue weighted by Gasteiger charge is 2.44. The van der Waals surface area contributed by atoms with E-state index in [0.29, 0.717) is 0 Å². The number of amides is 1. The first-order valence-electron chi connectivity index (χ1n) is 7.86. The van der Waals surface area contributed by atoms with E-state index < -0.39 is 5.56 Å². The minimum atomic E-state index is -0.443. The molecular weight excluding hydrogens is 306 g/mol. The zero-order chi connectivity index (χ0) is 16.7. The third-order valence-corrected chi connectivity index (χ3v) is 4.58. The summed E-state index contributed by atoms with van der Waals surface area (Å²) in [5.74, 6) is -0.139. The fraction of sp³-hybridized carbons (Fsp3) is 0.294. The Hall–Kier alpha value is -2.96. The molecule has 1 fully saturated rings. The molecule has 0 atom stereocenters. The second kappa shape index (κ2) is 5.30. The summed E-state index contributed by atoms with van der Waals surface area (Å²) in [4.78, 5) is 32.8. The molecule has 0 saturated heterocycles. The molecule has 7 nitrogen and oxygen atoms in total. The SMILES string of the molecule is Cc1ccccc1CC1(NC(=O)c2cnc3nc[nH]n3c2=O)CC1. The molecule has 0 radical (unpaired) electrons. The molecule has 2 aromatic heterocycles. The molecule has 1 saturated carbocycles. The second-order valence-electron chi connectivity index (χ2n) is 6.34. The average molecular weight is 323 g/mol. The van der Waals surface area contributed by atoms with E-state index in [0.717, 1.165) is 23.8 Å². The maximum atomic E-state index is 12.6. The lowest BCUT2D eigenvalue weighted by molar-refractivity contribution is 0.0929. The average Bonchev–Trinajstić information content (AvgIpc) is 3.12. The van der Waals surface area contributed by atoms with Gasteiger partial charge in [0.15, 0.2) is 0 Å².